The molecule has 1 unspecified atom stereocenters. The minimum absolute atomic E-state index is 0.167. The van der Waals surface area contributed by atoms with Crippen molar-refractivity contribution in [2.24, 2.45) is 5.92 Å². The fourth-order valence-corrected chi connectivity index (χ4v) is 1.93. The van der Waals surface area contributed by atoms with Gasteiger partial charge >= 0.3 is 0 Å². The zero-order chi connectivity index (χ0) is 13.1. The number of hydrogen-bond donors (Lipinski definition) is 2. The number of rotatable bonds is 5. The standard InChI is InChI=1S/C12H19N5O/c1-8(2)10(4-5-18)16-11-6-9(3)15-12-13-7-14-17(11)12/h6-8,10,16,18H,4-5H2,1-3H3. The van der Waals surface area contributed by atoms with Gasteiger partial charge in [-0.3, -0.25) is 0 Å². The van der Waals surface area contributed by atoms with Gasteiger partial charge in [0.05, 0.1) is 0 Å². The summed E-state index contributed by atoms with van der Waals surface area (Å²) in [5.74, 6) is 1.87. The molecule has 0 fully saturated rings. The predicted molar refractivity (Wildman–Crippen MR) is 69.5 cm³/mol. The number of aryl methyl sites for hydroxylation is 1. The van der Waals surface area contributed by atoms with Crippen molar-refractivity contribution in [3.63, 3.8) is 0 Å². The third-order valence-corrected chi connectivity index (χ3v) is 2.96. The lowest BCUT2D eigenvalue weighted by molar-refractivity contribution is 0.267. The molecular weight excluding hydrogens is 230 g/mol. The first-order valence-corrected chi connectivity index (χ1v) is 6.16. The van der Waals surface area contributed by atoms with Crippen molar-refractivity contribution < 1.29 is 5.11 Å². The maximum absolute atomic E-state index is 9.10. The molecule has 98 valence electrons. The molecule has 2 rings (SSSR count). The van der Waals surface area contributed by atoms with Crippen LogP contribution < -0.4 is 5.32 Å². The maximum Gasteiger partial charge on any atom is 0.254 e. The van der Waals surface area contributed by atoms with Gasteiger partial charge in [0.25, 0.3) is 5.78 Å². The number of nitrogens with zero attached hydrogens (tertiary/aromatic N) is 4. The highest BCUT2D eigenvalue weighted by atomic mass is 16.3. The van der Waals surface area contributed by atoms with Crippen molar-refractivity contribution >= 4 is 11.6 Å². The molecule has 0 saturated carbocycles. The first-order valence-electron chi connectivity index (χ1n) is 6.16. The normalized spacial score (nSPS) is 13.2. The number of hydrogen-bond acceptors (Lipinski definition) is 5. The molecule has 18 heavy (non-hydrogen) atoms. The summed E-state index contributed by atoms with van der Waals surface area (Å²) in [6.45, 7) is 6.34. The second-order valence-electron chi connectivity index (χ2n) is 4.76. The van der Waals surface area contributed by atoms with Gasteiger partial charge in [0.1, 0.15) is 12.1 Å². The van der Waals surface area contributed by atoms with Crippen LogP contribution in [0, 0.1) is 12.8 Å². The van der Waals surface area contributed by atoms with E-state index in [0.717, 1.165) is 11.5 Å². The Kier molecular flexibility index (Phi) is 3.76. The highest BCUT2D eigenvalue weighted by molar-refractivity contribution is 5.45. The Hall–Kier alpha value is -1.69. The molecule has 0 aliphatic carbocycles. The van der Waals surface area contributed by atoms with Gasteiger partial charge in [-0.1, -0.05) is 13.8 Å². The highest BCUT2D eigenvalue weighted by Crippen LogP contribution is 2.16. The largest absolute Gasteiger partial charge is 0.396 e. The molecule has 1 atom stereocenters. The Morgan fingerprint density at radius 3 is 2.89 bits per heavy atom. The van der Waals surface area contributed by atoms with Gasteiger partial charge in [-0.2, -0.15) is 14.6 Å². The number of anilines is 1. The molecule has 2 heterocycles. The molecule has 0 amide bonds. The van der Waals surface area contributed by atoms with Crippen LogP contribution in [0.5, 0.6) is 0 Å². The average Bonchev–Trinajstić information content (AvgIpc) is 2.76. The van der Waals surface area contributed by atoms with E-state index >= 15 is 0 Å². The maximum atomic E-state index is 9.10. The van der Waals surface area contributed by atoms with E-state index in [9.17, 15) is 0 Å². The van der Waals surface area contributed by atoms with Crippen LogP contribution >= 0.6 is 0 Å². The van der Waals surface area contributed by atoms with E-state index in [1.807, 2.05) is 13.0 Å². The summed E-state index contributed by atoms with van der Waals surface area (Å²) in [5.41, 5.74) is 0.893. The predicted octanol–water partition coefficient (Wildman–Crippen LogP) is 1.25. The third kappa shape index (κ3) is 2.59. The Morgan fingerprint density at radius 2 is 2.22 bits per heavy atom. The van der Waals surface area contributed by atoms with Crippen LogP contribution in [0.4, 0.5) is 5.82 Å². The Bertz CT molecular complexity index is 522. The fourth-order valence-electron chi connectivity index (χ4n) is 1.93. The Balaban J connectivity index is 2.32. The minimum Gasteiger partial charge on any atom is -0.396 e. The van der Waals surface area contributed by atoms with Gasteiger partial charge in [-0.15, -0.1) is 0 Å². The number of aliphatic hydroxyl groups is 1. The smallest absolute Gasteiger partial charge is 0.254 e. The Morgan fingerprint density at radius 1 is 1.44 bits per heavy atom. The summed E-state index contributed by atoms with van der Waals surface area (Å²) in [4.78, 5) is 8.38. The topological polar surface area (TPSA) is 75.3 Å². The quantitative estimate of drug-likeness (QED) is 0.834. The summed E-state index contributed by atoms with van der Waals surface area (Å²) in [6.07, 6.45) is 2.19. The second kappa shape index (κ2) is 5.30. The first kappa shape index (κ1) is 12.8. The van der Waals surface area contributed by atoms with E-state index in [0.29, 0.717) is 18.1 Å². The molecule has 6 heteroatoms. The summed E-state index contributed by atoms with van der Waals surface area (Å²) >= 11 is 0. The van der Waals surface area contributed by atoms with E-state index in [1.54, 1.807) is 4.52 Å². The molecule has 2 N–H and O–H groups in total. The van der Waals surface area contributed by atoms with Crippen LogP contribution in [0.25, 0.3) is 5.78 Å². The van der Waals surface area contributed by atoms with Gasteiger partial charge in [0.2, 0.25) is 0 Å². The molecule has 6 nitrogen and oxygen atoms in total. The van der Waals surface area contributed by atoms with Crippen molar-refractivity contribution in [2.45, 2.75) is 33.2 Å². The molecule has 2 aromatic heterocycles. The first-order chi connectivity index (χ1) is 8.61. The van der Waals surface area contributed by atoms with Crippen molar-refractivity contribution in [3.05, 3.63) is 18.1 Å². The van der Waals surface area contributed by atoms with Crippen molar-refractivity contribution in [3.8, 4) is 0 Å². The van der Waals surface area contributed by atoms with E-state index in [-0.39, 0.29) is 12.6 Å². The van der Waals surface area contributed by atoms with Crippen molar-refractivity contribution in [2.75, 3.05) is 11.9 Å². The van der Waals surface area contributed by atoms with Crippen molar-refractivity contribution in [1.82, 2.24) is 19.6 Å². The molecule has 0 aliphatic heterocycles. The lowest BCUT2D eigenvalue weighted by atomic mass is 10.0. The molecule has 2 aromatic rings. The monoisotopic (exact) mass is 249 g/mol. The zero-order valence-electron chi connectivity index (χ0n) is 11.0. The molecule has 0 aliphatic rings. The molecule has 0 bridgehead atoms. The van der Waals surface area contributed by atoms with Crippen LogP contribution in [0.3, 0.4) is 0 Å². The molecule has 0 spiro atoms. The van der Waals surface area contributed by atoms with Crippen molar-refractivity contribution in [1.29, 1.82) is 0 Å². The SMILES string of the molecule is Cc1cc(NC(CCO)C(C)C)n2ncnc2n1. The van der Waals surface area contributed by atoms with Gasteiger partial charge in [0.15, 0.2) is 0 Å². The van der Waals surface area contributed by atoms with Crippen LogP contribution in [-0.4, -0.2) is 37.3 Å². The number of fused-ring (bicyclic) bond motifs is 1. The van der Waals surface area contributed by atoms with E-state index in [4.69, 9.17) is 5.11 Å². The second-order valence-corrected chi connectivity index (χ2v) is 4.76. The van der Waals surface area contributed by atoms with Crippen LogP contribution in [-0.2, 0) is 0 Å². The molecule has 0 saturated heterocycles. The summed E-state index contributed by atoms with van der Waals surface area (Å²) in [5, 5.41) is 16.7. The van der Waals surface area contributed by atoms with Gasteiger partial charge in [0, 0.05) is 24.4 Å². The lowest BCUT2D eigenvalue weighted by Crippen LogP contribution is -2.28. The van der Waals surface area contributed by atoms with Crippen LogP contribution in [0.2, 0.25) is 0 Å². The molecule has 0 radical (unpaired) electrons. The van der Waals surface area contributed by atoms with Gasteiger partial charge in [-0.25, -0.2) is 4.98 Å². The molecular formula is C12H19N5O. The zero-order valence-corrected chi connectivity index (χ0v) is 11.0. The highest BCUT2D eigenvalue weighted by Gasteiger charge is 2.15. The number of nitrogens with one attached hydrogen (secondary N) is 1. The van der Waals surface area contributed by atoms with E-state index in [2.05, 4.69) is 34.2 Å². The van der Waals surface area contributed by atoms with Crippen LogP contribution in [0.15, 0.2) is 12.4 Å². The average molecular weight is 249 g/mol. The van der Waals surface area contributed by atoms with Gasteiger partial charge < -0.3 is 10.4 Å². The number of aromatic nitrogens is 4. The van der Waals surface area contributed by atoms with Crippen LogP contribution in [0.1, 0.15) is 26.0 Å². The van der Waals surface area contributed by atoms with E-state index < -0.39 is 0 Å². The number of aliphatic hydroxyl groups excluding tert-OH is 1. The Labute approximate surface area is 106 Å². The fraction of sp³-hybridized carbons (Fsp3) is 0.583. The lowest BCUT2D eigenvalue weighted by Gasteiger charge is -2.22. The summed E-state index contributed by atoms with van der Waals surface area (Å²) in [6, 6.07) is 2.14. The molecule has 0 aromatic carbocycles. The van der Waals surface area contributed by atoms with Gasteiger partial charge in [-0.05, 0) is 19.3 Å². The minimum atomic E-state index is 0.167. The third-order valence-electron chi connectivity index (χ3n) is 2.96. The summed E-state index contributed by atoms with van der Waals surface area (Å²) < 4.78 is 1.68. The van der Waals surface area contributed by atoms with E-state index in [1.165, 1.54) is 6.33 Å². The summed E-state index contributed by atoms with van der Waals surface area (Å²) in [7, 11) is 0.